The van der Waals surface area contributed by atoms with Crippen LogP contribution >= 0.6 is 0 Å². The highest BCUT2D eigenvalue weighted by molar-refractivity contribution is 5.19. The average Bonchev–Trinajstić information content (AvgIpc) is 2.82. The van der Waals surface area contributed by atoms with Gasteiger partial charge in [0.1, 0.15) is 5.82 Å². The van der Waals surface area contributed by atoms with Crippen molar-refractivity contribution in [2.45, 2.75) is 58.2 Å². The van der Waals surface area contributed by atoms with Crippen molar-refractivity contribution in [2.75, 3.05) is 13.1 Å². The molecule has 18 heavy (non-hydrogen) atoms. The van der Waals surface area contributed by atoms with E-state index in [2.05, 4.69) is 29.0 Å². The van der Waals surface area contributed by atoms with Crippen molar-refractivity contribution in [3.05, 3.63) is 17.2 Å². The molecule has 4 heteroatoms. The van der Waals surface area contributed by atoms with Crippen LogP contribution in [-0.2, 0) is 13.0 Å². The first kappa shape index (κ1) is 12.2. The number of hydrogen-bond donors (Lipinski definition) is 2. The number of likely N-dealkylation sites (tertiary alicyclic amines) is 1. The Hall–Kier alpha value is -0.870. The zero-order chi connectivity index (χ0) is 12.5. The molecule has 1 fully saturated rings. The van der Waals surface area contributed by atoms with Gasteiger partial charge < -0.3 is 10.3 Å². The second-order valence-electron chi connectivity index (χ2n) is 5.82. The Kier molecular flexibility index (Phi) is 3.39. The molecule has 0 radical (unpaired) electrons. The highest BCUT2D eigenvalue weighted by Crippen LogP contribution is 2.31. The zero-order valence-electron chi connectivity index (χ0n) is 11.5. The van der Waals surface area contributed by atoms with Crippen molar-refractivity contribution < 1.29 is 0 Å². The molecule has 3 heterocycles. The molecule has 1 aromatic heterocycles. The molecule has 0 aromatic carbocycles. The lowest BCUT2D eigenvalue weighted by Crippen LogP contribution is -2.39. The highest BCUT2D eigenvalue weighted by atomic mass is 15.2. The second kappa shape index (κ2) is 5.02. The van der Waals surface area contributed by atoms with E-state index in [0.29, 0.717) is 12.1 Å². The Bertz CT molecular complexity index is 386. The van der Waals surface area contributed by atoms with E-state index in [1.54, 1.807) is 0 Å². The maximum atomic E-state index is 4.87. The van der Waals surface area contributed by atoms with Gasteiger partial charge in [-0.2, -0.15) is 0 Å². The molecule has 0 amide bonds. The summed E-state index contributed by atoms with van der Waals surface area (Å²) in [5.41, 5.74) is 2.60. The Morgan fingerprint density at radius 1 is 1.33 bits per heavy atom. The van der Waals surface area contributed by atoms with Crippen molar-refractivity contribution >= 4 is 0 Å². The molecule has 100 valence electrons. The van der Waals surface area contributed by atoms with Gasteiger partial charge in [-0.05, 0) is 33.2 Å². The molecular weight excluding hydrogens is 224 g/mol. The number of hydrogen-bond acceptors (Lipinski definition) is 3. The van der Waals surface area contributed by atoms with Gasteiger partial charge in [-0.1, -0.05) is 6.42 Å². The Labute approximate surface area is 109 Å². The molecule has 2 N–H and O–H groups in total. The molecule has 1 atom stereocenters. The van der Waals surface area contributed by atoms with Crippen molar-refractivity contribution in [3.63, 3.8) is 0 Å². The van der Waals surface area contributed by atoms with Gasteiger partial charge in [0, 0.05) is 25.6 Å². The lowest BCUT2D eigenvalue weighted by molar-refractivity contribution is 0.106. The fourth-order valence-electron chi connectivity index (χ4n) is 3.26. The molecular formula is C14H24N4. The summed E-state index contributed by atoms with van der Waals surface area (Å²) < 4.78 is 0. The highest BCUT2D eigenvalue weighted by Gasteiger charge is 2.29. The number of aromatic amines is 1. The summed E-state index contributed by atoms with van der Waals surface area (Å²) in [5, 5.41) is 3.41. The molecule has 1 unspecified atom stereocenters. The fraction of sp³-hybridized carbons (Fsp3) is 0.786. The monoisotopic (exact) mass is 248 g/mol. The van der Waals surface area contributed by atoms with Gasteiger partial charge in [0.05, 0.1) is 17.4 Å². The first-order valence-electron chi connectivity index (χ1n) is 7.30. The number of imidazole rings is 1. The van der Waals surface area contributed by atoms with E-state index in [1.807, 2.05) is 0 Å². The summed E-state index contributed by atoms with van der Waals surface area (Å²) in [6.07, 6.45) is 4.98. The van der Waals surface area contributed by atoms with Gasteiger partial charge in [-0.3, -0.25) is 4.90 Å². The minimum absolute atomic E-state index is 0.504. The number of piperidine rings is 1. The maximum absolute atomic E-state index is 4.87. The SMILES string of the molecule is CC(C)N1CCCCC1c1nc2c([nH]1)CNCC2. The van der Waals surface area contributed by atoms with Crippen LogP contribution in [0.2, 0.25) is 0 Å². The third kappa shape index (κ3) is 2.19. The van der Waals surface area contributed by atoms with Crippen LogP contribution in [0.4, 0.5) is 0 Å². The van der Waals surface area contributed by atoms with E-state index in [9.17, 15) is 0 Å². The predicted molar refractivity (Wildman–Crippen MR) is 72.4 cm³/mol. The van der Waals surface area contributed by atoms with Crippen molar-refractivity contribution in [1.29, 1.82) is 0 Å². The smallest absolute Gasteiger partial charge is 0.124 e. The van der Waals surface area contributed by atoms with Gasteiger partial charge in [0.15, 0.2) is 0 Å². The van der Waals surface area contributed by atoms with Crippen LogP contribution in [0, 0.1) is 0 Å². The lowest BCUT2D eigenvalue weighted by Gasteiger charge is -2.37. The number of rotatable bonds is 2. The van der Waals surface area contributed by atoms with Gasteiger partial charge in [-0.15, -0.1) is 0 Å². The zero-order valence-corrected chi connectivity index (χ0v) is 11.5. The third-order valence-electron chi connectivity index (χ3n) is 4.25. The van der Waals surface area contributed by atoms with Gasteiger partial charge in [0.2, 0.25) is 0 Å². The number of aromatic nitrogens is 2. The summed E-state index contributed by atoms with van der Waals surface area (Å²) in [6.45, 7) is 7.82. The maximum Gasteiger partial charge on any atom is 0.124 e. The van der Waals surface area contributed by atoms with E-state index in [-0.39, 0.29) is 0 Å². The lowest BCUT2D eigenvalue weighted by atomic mass is 10.00. The summed E-state index contributed by atoms with van der Waals surface area (Å²) in [6, 6.07) is 1.11. The van der Waals surface area contributed by atoms with Crippen LogP contribution in [0.25, 0.3) is 0 Å². The molecule has 1 aromatic rings. The summed E-state index contributed by atoms with van der Waals surface area (Å²) in [4.78, 5) is 11.0. The molecule has 2 aliphatic rings. The molecule has 0 bridgehead atoms. The quantitative estimate of drug-likeness (QED) is 0.841. The number of H-pyrrole nitrogens is 1. The van der Waals surface area contributed by atoms with E-state index >= 15 is 0 Å². The predicted octanol–water partition coefficient (Wildman–Crippen LogP) is 1.99. The Morgan fingerprint density at radius 2 is 2.22 bits per heavy atom. The van der Waals surface area contributed by atoms with Gasteiger partial charge in [0.25, 0.3) is 0 Å². The first-order valence-corrected chi connectivity index (χ1v) is 7.30. The van der Waals surface area contributed by atoms with Crippen molar-refractivity contribution in [1.82, 2.24) is 20.2 Å². The summed E-state index contributed by atoms with van der Waals surface area (Å²) in [5.74, 6) is 1.21. The molecule has 1 saturated heterocycles. The Balaban J connectivity index is 1.85. The van der Waals surface area contributed by atoms with Crippen molar-refractivity contribution in [2.24, 2.45) is 0 Å². The van der Waals surface area contributed by atoms with Crippen molar-refractivity contribution in [3.8, 4) is 0 Å². The minimum Gasteiger partial charge on any atom is -0.343 e. The van der Waals surface area contributed by atoms with Crippen LogP contribution in [-0.4, -0.2) is 34.0 Å². The number of fused-ring (bicyclic) bond motifs is 1. The van der Waals surface area contributed by atoms with Gasteiger partial charge >= 0.3 is 0 Å². The molecule has 2 aliphatic heterocycles. The standard InChI is InChI=1S/C14H24N4/c1-10(2)18-8-4-3-5-13(18)14-16-11-6-7-15-9-12(11)17-14/h10,13,15H,3-9H2,1-2H3,(H,16,17). The molecule has 3 rings (SSSR count). The van der Waals surface area contributed by atoms with E-state index in [1.165, 1.54) is 43.0 Å². The third-order valence-corrected chi connectivity index (χ3v) is 4.25. The second-order valence-corrected chi connectivity index (χ2v) is 5.82. The number of nitrogens with one attached hydrogen (secondary N) is 2. The number of nitrogens with zero attached hydrogens (tertiary/aromatic N) is 2. The average molecular weight is 248 g/mol. The molecule has 4 nitrogen and oxygen atoms in total. The topological polar surface area (TPSA) is 44.0 Å². The molecule has 0 aliphatic carbocycles. The normalized spacial score (nSPS) is 25.4. The summed E-state index contributed by atoms with van der Waals surface area (Å²) >= 11 is 0. The van der Waals surface area contributed by atoms with Crippen LogP contribution in [0.1, 0.15) is 56.4 Å². The Morgan fingerprint density at radius 3 is 3.00 bits per heavy atom. The van der Waals surface area contributed by atoms with Crippen LogP contribution in [0.5, 0.6) is 0 Å². The van der Waals surface area contributed by atoms with E-state index < -0.39 is 0 Å². The molecule has 0 spiro atoms. The largest absolute Gasteiger partial charge is 0.343 e. The van der Waals surface area contributed by atoms with Crippen LogP contribution in [0.15, 0.2) is 0 Å². The fourth-order valence-corrected chi connectivity index (χ4v) is 3.26. The molecule has 0 saturated carbocycles. The first-order chi connectivity index (χ1) is 8.75. The minimum atomic E-state index is 0.504. The summed E-state index contributed by atoms with van der Waals surface area (Å²) in [7, 11) is 0. The van der Waals surface area contributed by atoms with E-state index in [0.717, 1.165) is 19.5 Å². The van der Waals surface area contributed by atoms with E-state index in [4.69, 9.17) is 4.98 Å². The van der Waals surface area contributed by atoms with Crippen LogP contribution in [0.3, 0.4) is 0 Å². The van der Waals surface area contributed by atoms with Gasteiger partial charge in [-0.25, -0.2) is 4.98 Å². The van der Waals surface area contributed by atoms with Crippen LogP contribution < -0.4 is 5.32 Å².